The van der Waals surface area contributed by atoms with Crippen LogP contribution < -0.4 is 4.74 Å². The van der Waals surface area contributed by atoms with Crippen LogP contribution in [0, 0.1) is 0 Å². The van der Waals surface area contributed by atoms with Crippen LogP contribution in [0.3, 0.4) is 0 Å². The molecule has 0 aliphatic carbocycles. The number of ether oxygens (including phenoxy) is 1. The van der Waals surface area contributed by atoms with Gasteiger partial charge in [0.05, 0.1) is 7.11 Å². The summed E-state index contributed by atoms with van der Waals surface area (Å²) >= 11 is 0. The Morgan fingerprint density at radius 1 is 1.39 bits per heavy atom. The zero-order valence-corrected chi connectivity index (χ0v) is 10.9. The Balaban J connectivity index is 3.17. The van der Waals surface area contributed by atoms with Crippen LogP contribution in [-0.2, 0) is 11.2 Å². The van der Waals surface area contributed by atoms with Crippen LogP contribution in [-0.4, -0.2) is 18.5 Å². The number of phenolic OH excluding ortho intramolecular Hbond substituents is 1. The summed E-state index contributed by atoms with van der Waals surface area (Å²) in [5.74, 6) is 0.568. The lowest BCUT2D eigenvalue weighted by molar-refractivity contribution is -0.104. The van der Waals surface area contributed by atoms with Gasteiger partial charge >= 0.3 is 0 Å². The van der Waals surface area contributed by atoms with Gasteiger partial charge in [-0.25, -0.2) is 0 Å². The molecule has 0 fully saturated rings. The van der Waals surface area contributed by atoms with Crippen molar-refractivity contribution in [3.8, 4) is 11.5 Å². The van der Waals surface area contributed by atoms with E-state index in [1.165, 1.54) is 18.8 Å². The third-order valence-electron chi connectivity index (χ3n) is 2.49. The molecule has 1 N–H and O–H groups in total. The number of allylic oxidation sites excluding steroid dienone is 3. The summed E-state index contributed by atoms with van der Waals surface area (Å²) in [5, 5.41) is 10.0. The van der Waals surface area contributed by atoms with E-state index in [1.54, 1.807) is 12.1 Å². The summed E-state index contributed by atoms with van der Waals surface area (Å²) < 4.78 is 5.12. The standard InChI is InChI=1S/C15H18O3/c1-11(2)6-7-13-9-12(5-4-8-16)10-14(18-3)15(13)17/h4-6,8-10,17H,7H2,1-3H3. The third kappa shape index (κ3) is 3.77. The van der Waals surface area contributed by atoms with Crippen LogP contribution in [0.1, 0.15) is 25.0 Å². The highest BCUT2D eigenvalue weighted by molar-refractivity contribution is 5.74. The minimum Gasteiger partial charge on any atom is -0.504 e. The molecule has 0 bridgehead atoms. The predicted octanol–water partition coefficient (Wildman–Crippen LogP) is 3.12. The molecule has 0 aliphatic heterocycles. The molecule has 0 unspecified atom stereocenters. The summed E-state index contributed by atoms with van der Waals surface area (Å²) in [4.78, 5) is 10.3. The van der Waals surface area contributed by atoms with E-state index in [0.29, 0.717) is 12.2 Å². The minimum absolute atomic E-state index is 0.151. The number of rotatable bonds is 5. The number of carbonyl (C=O) groups excluding carboxylic acids is 1. The Hall–Kier alpha value is -2.03. The number of hydrogen-bond acceptors (Lipinski definition) is 3. The van der Waals surface area contributed by atoms with Gasteiger partial charge in [0.1, 0.15) is 6.29 Å². The van der Waals surface area contributed by atoms with E-state index in [0.717, 1.165) is 17.4 Å². The molecule has 96 valence electrons. The second-order valence-electron chi connectivity index (χ2n) is 4.21. The maximum absolute atomic E-state index is 10.3. The smallest absolute Gasteiger partial charge is 0.161 e. The SMILES string of the molecule is COc1cc(C=CC=O)cc(CC=C(C)C)c1O. The Bertz CT molecular complexity index is 481. The fourth-order valence-electron chi connectivity index (χ4n) is 1.56. The average molecular weight is 246 g/mol. The molecule has 1 aromatic carbocycles. The molecule has 0 saturated heterocycles. The van der Waals surface area contributed by atoms with Crippen molar-refractivity contribution in [3.05, 3.63) is 41.0 Å². The van der Waals surface area contributed by atoms with E-state index in [-0.39, 0.29) is 5.75 Å². The Morgan fingerprint density at radius 2 is 2.11 bits per heavy atom. The van der Waals surface area contributed by atoms with Gasteiger partial charge in [0.25, 0.3) is 0 Å². The van der Waals surface area contributed by atoms with Crippen LogP contribution in [0.15, 0.2) is 29.9 Å². The molecule has 0 amide bonds. The zero-order chi connectivity index (χ0) is 13.5. The van der Waals surface area contributed by atoms with Gasteiger partial charge in [0.15, 0.2) is 11.5 Å². The van der Waals surface area contributed by atoms with Gasteiger partial charge in [0.2, 0.25) is 0 Å². The van der Waals surface area contributed by atoms with Crippen molar-refractivity contribution in [2.75, 3.05) is 7.11 Å². The number of phenols is 1. The fourth-order valence-corrected chi connectivity index (χ4v) is 1.56. The van der Waals surface area contributed by atoms with Gasteiger partial charge in [-0.2, -0.15) is 0 Å². The maximum Gasteiger partial charge on any atom is 0.161 e. The lowest BCUT2D eigenvalue weighted by atomic mass is 10.0. The van der Waals surface area contributed by atoms with E-state index in [2.05, 4.69) is 0 Å². The normalized spacial score (nSPS) is 10.4. The van der Waals surface area contributed by atoms with E-state index >= 15 is 0 Å². The molecule has 1 aromatic rings. The van der Waals surface area contributed by atoms with E-state index in [9.17, 15) is 9.90 Å². The van der Waals surface area contributed by atoms with Gasteiger partial charge in [0, 0.05) is 5.56 Å². The molecule has 0 saturated carbocycles. The van der Waals surface area contributed by atoms with Crippen LogP contribution in [0.25, 0.3) is 6.08 Å². The minimum atomic E-state index is 0.151. The molecule has 1 rings (SSSR count). The molecule has 0 aromatic heterocycles. The lowest BCUT2D eigenvalue weighted by Gasteiger charge is -2.09. The first-order valence-corrected chi connectivity index (χ1v) is 5.73. The summed E-state index contributed by atoms with van der Waals surface area (Å²) in [6, 6.07) is 3.54. The molecule has 0 radical (unpaired) electrons. The average Bonchev–Trinajstić information content (AvgIpc) is 2.35. The first-order chi connectivity index (χ1) is 8.58. The number of carbonyl (C=O) groups is 1. The largest absolute Gasteiger partial charge is 0.504 e. The number of hydrogen-bond donors (Lipinski definition) is 1. The van der Waals surface area contributed by atoms with Crippen molar-refractivity contribution in [1.82, 2.24) is 0 Å². The molecular weight excluding hydrogens is 228 g/mol. The molecule has 18 heavy (non-hydrogen) atoms. The Labute approximate surface area is 107 Å². The van der Waals surface area contributed by atoms with Gasteiger partial charge in [-0.05, 0) is 44.0 Å². The van der Waals surface area contributed by atoms with Crippen molar-refractivity contribution in [3.63, 3.8) is 0 Å². The first-order valence-electron chi connectivity index (χ1n) is 5.73. The summed E-state index contributed by atoms with van der Waals surface area (Å²) in [7, 11) is 1.51. The van der Waals surface area contributed by atoms with Crippen LogP contribution in [0.2, 0.25) is 0 Å². The van der Waals surface area contributed by atoms with Crippen molar-refractivity contribution in [2.45, 2.75) is 20.3 Å². The van der Waals surface area contributed by atoms with Crippen molar-refractivity contribution in [1.29, 1.82) is 0 Å². The monoisotopic (exact) mass is 246 g/mol. The zero-order valence-electron chi connectivity index (χ0n) is 10.9. The van der Waals surface area contributed by atoms with Crippen LogP contribution in [0.5, 0.6) is 11.5 Å². The summed E-state index contributed by atoms with van der Waals surface area (Å²) in [6.07, 6.45) is 6.47. The van der Waals surface area contributed by atoms with Crippen LogP contribution in [0.4, 0.5) is 0 Å². The molecular formula is C15H18O3. The molecule has 0 aliphatic rings. The highest BCUT2D eigenvalue weighted by atomic mass is 16.5. The number of aldehydes is 1. The number of methoxy groups -OCH3 is 1. The maximum atomic E-state index is 10.3. The molecule has 0 heterocycles. The van der Waals surface area contributed by atoms with Crippen molar-refractivity contribution >= 4 is 12.4 Å². The topological polar surface area (TPSA) is 46.5 Å². The van der Waals surface area contributed by atoms with E-state index in [4.69, 9.17) is 4.74 Å². The predicted molar refractivity (Wildman–Crippen MR) is 72.9 cm³/mol. The molecule has 3 heteroatoms. The number of aromatic hydroxyl groups is 1. The molecule has 0 spiro atoms. The highest BCUT2D eigenvalue weighted by Crippen LogP contribution is 2.32. The highest BCUT2D eigenvalue weighted by Gasteiger charge is 2.08. The summed E-state index contributed by atoms with van der Waals surface area (Å²) in [6.45, 7) is 4.01. The molecule has 0 atom stereocenters. The lowest BCUT2D eigenvalue weighted by Crippen LogP contribution is -1.91. The second kappa shape index (κ2) is 6.64. The Kier molecular flexibility index (Phi) is 5.18. The quantitative estimate of drug-likeness (QED) is 0.493. The second-order valence-corrected chi connectivity index (χ2v) is 4.21. The van der Waals surface area contributed by atoms with Gasteiger partial charge in [-0.3, -0.25) is 4.79 Å². The van der Waals surface area contributed by atoms with Crippen molar-refractivity contribution in [2.24, 2.45) is 0 Å². The van der Waals surface area contributed by atoms with Crippen LogP contribution >= 0.6 is 0 Å². The Morgan fingerprint density at radius 3 is 2.67 bits per heavy atom. The molecule has 3 nitrogen and oxygen atoms in total. The van der Waals surface area contributed by atoms with Gasteiger partial charge < -0.3 is 9.84 Å². The van der Waals surface area contributed by atoms with E-state index < -0.39 is 0 Å². The van der Waals surface area contributed by atoms with Gasteiger partial charge in [-0.15, -0.1) is 0 Å². The van der Waals surface area contributed by atoms with Crippen molar-refractivity contribution < 1.29 is 14.6 Å². The van der Waals surface area contributed by atoms with Gasteiger partial charge in [-0.1, -0.05) is 17.7 Å². The van der Waals surface area contributed by atoms with E-state index in [1.807, 2.05) is 26.0 Å². The summed E-state index contributed by atoms with van der Waals surface area (Å²) in [5.41, 5.74) is 2.79. The third-order valence-corrected chi connectivity index (χ3v) is 2.49. The number of benzene rings is 1. The fraction of sp³-hybridized carbons (Fsp3) is 0.267. The first kappa shape index (κ1) is 14.0.